The summed E-state index contributed by atoms with van der Waals surface area (Å²) >= 11 is -2.17. The Morgan fingerprint density at radius 3 is 1.33 bits per heavy atom. The molecule has 8 heteroatoms. The van der Waals surface area contributed by atoms with Crippen LogP contribution < -0.4 is 0 Å². The predicted molar refractivity (Wildman–Crippen MR) is 121 cm³/mol. The van der Waals surface area contributed by atoms with Crippen molar-refractivity contribution in [2.24, 2.45) is 10.8 Å². The van der Waals surface area contributed by atoms with Crippen LogP contribution in [-0.4, -0.2) is 46.8 Å². The van der Waals surface area contributed by atoms with Gasteiger partial charge < -0.3 is 18.6 Å². The zero-order chi connectivity index (χ0) is 22.9. The lowest BCUT2D eigenvalue weighted by atomic mass is 9.90. The van der Waals surface area contributed by atoms with Gasteiger partial charge >= 0.3 is 11.9 Å². The molecule has 0 saturated heterocycles. The highest BCUT2D eigenvalue weighted by Crippen LogP contribution is 2.25. The average molecular weight is 459 g/mol. The van der Waals surface area contributed by atoms with Crippen molar-refractivity contribution in [3.05, 3.63) is 35.4 Å². The summed E-state index contributed by atoms with van der Waals surface area (Å²) in [4.78, 5) is 23.4. The minimum absolute atomic E-state index is 0.299. The first-order valence-electron chi connectivity index (χ1n) is 9.86. The summed E-state index contributed by atoms with van der Waals surface area (Å²) in [5, 5.41) is 0. The highest BCUT2D eigenvalue weighted by Gasteiger charge is 2.31. The lowest BCUT2D eigenvalue weighted by Gasteiger charge is -2.22. The molecule has 1 aromatic rings. The topological polar surface area (TPSA) is 98.7 Å². The fourth-order valence-corrected chi connectivity index (χ4v) is 5.64. The van der Waals surface area contributed by atoms with Gasteiger partial charge in [-0.05, 0) is 50.0 Å². The van der Waals surface area contributed by atoms with E-state index in [2.05, 4.69) is 0 Å². The number of carbonyl (C=O) groups is 2. The number of hydrogen-bond acceptors (Lipinski definition) is 6. The highest BCUT2D eigenvalue weighted by molar-refractivity contribution is 7.90. The molecular weight excluding hydrogens is 424 g/mol. The summed E-state index contributed by atoms with van der Waals surface area (Å²) < 4.78 is 34.3. The maximum absolute atomic E-state index is 12.4. The van der Waals surface area contributed by atoms with Gasteiger partial charge in [0.15, 0.2) is 0 Å². The Kier molecular flexibility index (Phi) is 10.7. The van der Waals surface area contributed by atoms with E-state index >= 15 is 0 Å². The zero-order valence-corrected chi connectivity index (χ0v) is 20.5. The molecule has 0 spiro atoms. The molecule has 0 N–H and O–H groups in total. The third-order valence-corrected chi connectivity index (χ3v) is 7.69. The fourth-order valence-electron chi connectivity index (χ4n) is 2.74. The van der Waals surface area contributed by atoms with Crippen LogP contribution in [0.4, 0.5) is 0 Å². The molecule has 2 atom stereocenters. The molecular formula is C22H34O6S2. The smallest absolute Gasteiger partial charge is 0.311 e. The van der Waals surface area contributed by atoms with Crippen LogP contribution in [0.15, 0.2) is 24.3 Å². The number of esters is 2. The monoisotopic (exact) mass is 458 g/mol. The molecule has 1 aromatic carbocycles. The Morgan fingerprint density at radius 1 is 0.767 bits per heavy atom. The first-order valence-corrected chi connectivity index (χ1v) is 12.8. The van der Waals surface area contributed by atoms with E-state index in [4.69, 9.17) is 9.47 Å². The van der Waals surface area contributed by atoms with E-state index < -0.39 is 33.2 Å². The molecule has 2 unspecified atom stereocenters. The second-order valence-corrected chi connectivity index (χ2v) is 11.8. The fraction of sp³-hybridized carbons (Fsp3) is 0.636. The molecule has 0 amide bonds. The van der Waals surface area contributed by atoms with E-state index in [1.165, 1.54) is 14.2 Å². The van der Waals surface area contributed by atoms with Gasteiger partial charge in [-0.2, -0.15) is 0 Å². The highest BCUT2D eigenvalue weighted by atomic mass is 32.2. The molecule has 0 fully saturated rings. The van der Waals surface area contributed by atoms with Crippen molar-refractivity contribution in [2.45, 2.75) is 52.0 Å². The zero-order valence-electron chi connectivity index (χ0n) is 18.8. The van der Waals surface area contributed by atoms with E-state index in [0.717, 1.165) is 11.1 Å². The first-order chi connectivity index (χ1) is 13.9. The number of ether oxygens (including phenoxy) is 2. The number of carbonyl (C=O) groups excluding carboxylic acids is 2. The third kappa shape index (κ3) is 8.88. The quantitative estimate of drug-likeness (QED) is 0.352. The van der Waals surface area contributed by atoms with Crippen LogP contribution >= 0.6 is 0 Å². The summed E-state index contributed by atoms with van der Waals surface area (Å²) in [5.74, 6) is 1.06. The Hall–Kier alpha value is -1.22. The molecule has 30 heavy (non-hydrogen) atoms. The first kappa shape index (κ1) is 26.8. The number of hydrogen-bond donors (Lipinski definition) is 0. The Balaban J connectivity index is 2.49. The predicted octanol–water partition coefficient (Wildman–Crippen LogP) is 3.36. The summed E-state index contributed by atoms with van der Waals surface area (Å²) in [6, 6.07) is 7.59. The normalized spacial score (nSPS) is 14.1. The summed E-state index contributed by atoms with van der Waals surface area (Å²) in [5.41, 5.74) is 0.567. The second kappa shape index (κ2) is 12.0. The van der Waals surface area contributed by atoms with Crippen molar-refractivity contribution in [3.8, 4) is 0 Å². The van der Waals surface area contributed by atoms with Gasteiger partial charge in [-0.3, -0.25) is 9.59 Å². The largest absolute Gasteiger partial charge is 0.616 e. The molecule has 0 radical (unpaired) electrons. The van der Waals surface area contributed by atoms with Crippen molar-refractivity contribution in [2.75, 3.05) is 25.7 Å². The van der Waals surface area contributed by atoms with Gasteiger partial charge in [0.2, 0.25) is 0 Å². The SMILES string of the molecule is COC(=O)C(C)(C)CC[S+]([O-])Cc1ccc(C[S+]([O-])CCC(C)(C)C(=O)OC)cc1. The van der Waals surface area contributed by atoms with Crippen molar-refractivity contribution >= 4 is 34.3 Å². The minimum Gasteiger partial charge on any atom is -0.616 e. The Bertz CT molecular complexity index is 628. The molecule has 0 aliphatic rings. The summed E-state index contributed by atoms with van der Waals surface area (Å²) in [6.45, 7) is 7.16. The van der Waals surface area contributed by atoms with Crippen LogP contribution in [0.1, 0.15) is 51.7 Å². The van der Waals surface area contributed by atoms with Crippen molar-refractivity contribution in [3.63, 3.8) is 0 Å². The second-order valence-electron chi connectivity index (χ2n) is 8.64. The van der Waals surface area contributed by atoms with Crippen LogP contribution in [0, 0.1) is 10.8 Å². The molecule has 0 heterocycles. The number of benzene rings is 1. The van der Waals surface area contributed by atoms with Crippen molar-refractivity contribution in [1.29, 1.82) is 0 Å². The van der Waals surface area contributed by atoms with Crippen molar-refractivity contribution < 1.29 is 28.2 Å². The van der Waals surface area contributed by atoms with E-state index in [0.29, 0.717) is 35.9 Å². The maximum atomic E-state index is 12.4. The minimum atomic E-state index is -1.08. The molecule has 6 nitrogen and oxygen atoms in total. The standard InChI is InChI=1S/C22H34O6S2/c1-21(2,19(23)27-5)11-13-29(25)15-17-7-9-18(10-8-17)16-30(26)14-12-22(3,4)20(24)28-6/h7-10H,11-16H2,1-6H3. The van der Waals surface area contributed by atoms with Gasteiger partial charge in [0, 0.05) is 24.0 Å². The van der Waals surface area contributed by atoms with E-state index in [9.17, 15) is 18.7 Å². The average Bonchev–Trinajstić information content (AvgIpc) is 2.71. The summed E-state index contributed by atoms with van der Waals surface area (Å²) in [6.07, 6.45) is 0.983. The molecule has 0 aliphatic carbocycles. The molecule has 0 saturated carbocycles. The van der Waals surface area contributed by atoms with Crippen LogP contribution in [0.2, 0.25) is 0 Å². The Morgan fingerprint density at radius 2 is 1.07 bits per heavy atom. The maximum Gasteiger partial charge on any atom is 0.311 e. The molecule has 0 aliphatic heterocycles. The lowest BCUT2D eigenvalue weighted by Crippen LogP contribution is -2.28. The molecule has 1 rings (SSSR count). The van der Waals surface area contributed by atoms with Crippen LogP contribution in [0.3, 0.4) is 0 Å². The van der Waals surface area contributed by atoms with Gasteiger partial charge in [-0.15, -0.1) is 0 Å². The van der Waals surface area contributed by atoms with Gasteiger partial charge in [0.1, 0.15) is 23.0 Å². The van der Waals surface area contributed by atoms with Gasteiger partial charge in [-0.25, -0.2) is 0 Å². The van der Waals surface area contributed by atoms with Gasteiger partial charge in [0.05, 0.1) is 25.0 Å². The molecule has 0 aromatic heterocycles. The third-order valence-electron chi connectivity index (χ3n) is 5.06. The van der Waals surface area contributed by atoms with Crippen molar-refractivity contribution in [1.82, 2.24) is 0 Å². The van der Waals surface area contributed by atoms with Gasteiger partial charge in [0.25, 0.3) is 0 Å². The van der Waals surface area contributed by atoms with E-state index in [-0.39, 0.29) is 11.9 Å². The van der Waals surface area contributed by atoms with E-state index in [1.807, 2.05) is 24.3 Å². The summed E-state index contributed by atoms with van der Waals surface area (Å²) in [7, 11) is 2.71. The number of rotatable bonds is 12. The molecule has 0 bridgehead atoms. The number of methoxy groups -OCH3 is 2. The Labute approximate surface area is 186 Å². The molecule has 170 valence electrons. The van der Waals surface area contributed by atoms with Gasteiger partial charge in [-0.1, -0.05) is 24.3 Å². The van der Waals surface area contributed by atoms with Crippen LogP contribution in [-0.2, 0) is 52.9 Å². The van der Waals surface area contributed by atoms with Crippen LogP contribution in [0.25, 0.3) is 0 Å². The van der Waals surface area contributed by atoms with E-state index in [1.54, 1.807) is 27.7 Å². The van der Waals surface area contributed by atoms with Crippen LogP contribution in [0.5, 0.6) is 0 Å². The lowest BCUT2D eigenvalue weighted by molar-refractivity contribution is -0.151.